The van der Waals surface area contributed by atoms with Gasteiger partial charge in [-0.05, 0) is 49.1 Å². The molecular weight excluding hydrogens is 471 g/mol. The second-order valence-corrected chi connectivity index (χ2v) is 10.7. The number of nitrogens with one attached hydrogen (secondary N) is 1. The van der Waals surface area contributed by atoms with Crippen molar-refractivity contribution in [2.75, 3.05) is 20.2 Å². The number of ether oxygens (including phenoxy) is 1. The summed E-state index contributed by atoms with van der Waals surface area (Å²) in [5.74, 6) is 0.246. The number of rotatable bonds is 8. The Bertz CT molecular complexity index is 1020. The second-order valence-electron chi connectivity index (χ2n) is 7.87. The molecule has 1 aliphatic heterocycles. The zero-order valence-corrected chi connectivity index (χ0v) is 20.5. The van der Waals surface area contributed by atoms with E-state index in [0.29, 0.717) is 41.5 Å². The molecule has 1 atom stereocenters. The summed E-state index contributed by atoms with van der Waals surface area (Å²) < 4.78 is 32.4. The van der Waals surface area contributed by atoms with Gasteiger partial charge in [-0.1, -0.05) is 48.3 Å². The maximum atomic E-state index is 12.9. The van der Waals surface area contributed by atoms with Gasteiger partial charge in [0.15, 0.2) is 0 Å². The van der Waals surface area contributed by atoms with Crippen molar-refractivity contribution >= 4 is 39.1 Å². The van der Waals surface area contributed by atoms with Gasteiger partial charge < -0.3 is 10.1 Å². The number of carbonyl (C=O) groups excluding carboxylic acids is 1. The highest BCUT2D eigenvalue weighted by molar-refractivity contribution is 7.88. The van der Waals surface area contributed by atoms with Crippen molar-refractivity contribution in [3.63, 3.8) is 0 Å². The lowest BCUT2D eigenvalue weighted by molar-refractivity contribution is -0.126. The third kappa shape index (κ3) is 5.95. The van der Waals surface area contributed by atoms with Crippen molar-refractivity contribution in [2.45, 2.75) is 38.0 Å². The Morgan fingerprint density at radius 3 is 2.25 bits per heavy atom. The van der Waals surface area contributed by atoms with Crippen LogP contribution in [0.1, 0.15) is 43.4 Å². The van der Waals surface area contributed by atoms with Gasteiger partial charge in [0.25, 0.3) is 0 Å². The first-order chi connectivity index (χ1) is 15.2. The molecule has 0 saturated carbocycles. The number of halogens is 2. The fourth-order valence-corrected chi connectivity index (χ4v) is 6.20. The summed E-state index contributed by atoms with van der Waals surface area (Å²) in [6, 6.07) is 12.5. The molecule has 3 rings (SSSR count). The zero-order chi connectivity index (χ0) is 23.3. The van der Waals surface area contributed by atoms with Crippen molar-refractivity contribution in [1.29, 1.82) is 0 Å². The van der Waals surface area contributed by atoms with Gasteiger partial charge >= 0.3 is 0 Å². The van der Waals surface area contributed by atoms with Gasteiger partial charge in [0.05, 0.1) is 18.9 Å². The first-order valence-electron chi connectivity index (χ1n) is 10.6. The van der Waals surface area contributed by atoms with Gasteiger partial charge in [-0.2, -0.15) is 0 Å². The number of amides is 1. The van der Waals surface area contributed by atoms with Crippen LogP contribution >= 0.6 is 23.2 Å². The first-order valence-corrected chi connectivity index (χ1v) is 13.0. The molecule has 6 nitrogen and oxygen atoms in total. The molecule has 32 heavy (non-hydrogen) atoms. The van der Waals surface area contributed by atoms with Gasteiger partial charge in [0, 0.05) is 34.6 Å². The van der Waals surface area contributed by atoms with E-state index in [1.54, 1.807) is 25.3 Å². The van der Waals surface area contributed by atoms with Gasteiger partial charge in [0.1, 0.15) is 5.75 Å². The summed E-state index contributed by atoms with van der Waals surface area (Å²) in [6.45, 7) is 2.61. The Balaban J connectivity index is 1.58. The van der Waals surface area contributed by atoms with Crippen molar-refractivity contribution in [3.05, 3.63) is 63.6 Å². The molecule has 174 valence electrons. The number of methoxy groups -OCH3 is 1. The van der Waals surface area contributed by atoms with E-state index in [4.69, 9.17) is 27.9 Å². The average Bonchev–Trinajstić information content (AvgIpc) is 2.80. The molecule has 1 aliphatic rings. The SMILES string of the molecule is CCC(NC(=O)C1CCN(S(=O)(=O)Cc2c(Cl)cccc2Cl)CC1)c1ccc(OC)cc1. The normalized spacial score (nSPS) is 16.5. The van der Waals surface area contributed by atoms with Crippen LogP contribution in [0, 0.1) is 5.92 Å². The van der Waals surface area contributed by atoms with E-state index in [2.05, 4.69) is 5.32 Å². The molecule has 1 saturated heterocycles. The minimum atomic E-state index is -3.59. The van der Waals surface area contributed by atoms with Crippen LogP contribution in [0.15, 0.2) is 42.5 Å². The lowest BCUT2D eigenvalue weighted by atomic mass is 9.95. The van der Waals surface area contributed by atoms with Crippen LogP contribution in [-0.2, 0) is 20.6 Å². The Hall–Kier alpha value is -1.80. The van der Waals surface area contributed by atoms with Crippen molar-refractivity contribution in [1.82, 2.24) is 9.62 Å². The predicted molar refractivity (Wildman–Crippen MR) is 128 cm³/mol. The van der Waals surface area contributed by atoms with Crippen LogP contribution in [0.4, 0.5) is 0 Å². The maximum Gasteiger partial charge on any atom is 0.223 e. The average molecular weight is 499 g/mol. The summed E-state index contributed by atoms with van der Waals surface area (Å²) in [7, 11) is -1.97. The van der Waals surface area contributed by atoms with Crippen LogP contribution in [0.2, 0.25) is 10.0 Å². The van der Waals surface area contributed by atoms with Crippen LogP contribution < -0.4 is 10.1 Å². The Morgan fingerprint density at radius 1 is 1.12 bits per heavy atom. The minimum Gasteiger partial charge on any atom is -0.497 e. The molecule has 1 N–H and O–H groups in total. The number of hydrogen-bond donors (Lipinski definition) is 1. The molecular formula is C23H28Cl2N2O4S. The van der Waals surface area contributed by atoms with E-state index in [1.807, 2.05) is 31.2 Å². The van der Waals surface area contributed by atoms with Crippen molar-refractivity contribution in [2.24, 2.45) is 5.92 Å². The Kier molecular flexibility index (Phi) is 8.44. The summed E-state index contributed by atoms with van der Waals surface area (Å²) in [6.07, 6.45) is 1.70. The summed E-state index contributed by atoms with van der Waals surface area (Å²) in [5.41, 5.74) is 1.42. The largest absolute Gasteiger partial charge is 0.497 e. The maximum absolute atomic E-state index is 12.9. The lowest BCUT2D eigenvalue weighted by Gasteiger charge is -2.31. The third-order valence-electron chi connectivity index (χ3n) is 5.85. The smallest absolute Gasteiger partial charge is 0.223 e. The number of nitrogens with zero attached hydrogens (tertiary/aromatic N) is 1. The van der Waals surface area contributed by atoms with Gasteiger partial charge in [-0.3, -0.25) is 4.79 Å². The number of sulfonamides is 1. The monoisotopic (exact) mass is 498 g/mol. The fourth-order valence-electron chi connectivity index (χ4n) is 3.89. The minimum absolute atomic E-state index is 0.0427. The lowest BCUT2D eigenvalue weighted by Crippen LogP contribution is -2.44. The summed E-state index contributed by atoms with van der Waals surface area (Å²) in [4.78, 5) is 12.9. The Labute approximate surface area is 199 Å². The molecule has 9 heteroatoms. The molecule has 0 aromatic heterocycles. The fraction of sp³-hybridized carbons (Fsp3) is 0.435. The highest BCUT2D eigenvalue weighted by Crippen LogP contribution is 2.29. The van der Waals surface area contributed by atoms with Gasteiger partial charge in [0.2, 0.25) is 15.9 Å². The molecule has 1 unspecified atom stereocenters. The van der Waals surface area contributed by atoms with E-state index >= 15 is 0 Å². The van der Waals surface area contributed by atoms with Gasteiger partial charge in [-0.15, -0.1) is 0 Å². The van der Waals surface area contributed by atoms with E-state index in [-0.39, 0.29) is 23.6 Å². The number of hydrogen-bond acceptors (Lipinski definition) is 4. The standard InChI is InChI=1S/C23H28Cl2N2O4S/c1-3-22(16-7-9-18(31-2)10-8-16)26-23(28)17-11-13-27(14-12-17)32(29,30)15-19-20(24)5-4-6-21(19)25/h4-10,17,22H,3,11-15H2,1-2H3,(H,26,28). The molecule has 2 aromatic carbocycles. The van der Waals surface area contributed by atoms with Crippen LogP contribution in [-0.4, -0.2) is 38.8 Å². The molecule has 1 amide bonds. The topological polar surface area (TPSA) is 75.7 Å². The molecule has 0 aliphatic carbocycles. The zero-order valence-electron chi connectivity index (χ0n) is 18.2. The van der Waals surface area contributed by atoms with Crippen LogP contribution in [0.3, 0.4) is 0 Å². The van der Waals surface area contributed by atoms with E-state index in [0.717, 1.165) is 17.7 Å². The van der Waals surface area contributed by atoms with Crippen LogP contribution in [0.25, 0.3) is 0 Å². The number of piperidine rings is 1. The number of benzene rings is 2. The van der Waals surface area contributed by atoms with E-state index in [1.165, 1.54) is 4.31 Å². The highest BCUT2D eigenvalue weighted by atomic mass is 35.5. The summed E-state index contributed by atoms with van der Waals surface area (Å²) >= 11 is 12.3. The Morgan fingerprint density at radius 2 is 1.72 bits per heavy atom. The molecule has 1 heterocycles. The van der Waals surface area contributed by atoms with Crippen molar-refractivity contribution < 1.29 is 17.9 Å². The van der Waals surface area contributed by atoms with Crippen molar-refractivity contribution in [3.8, 4) is 5.75 Å². The highest BCUT2D eigenvalue weighted by Gasteiger charge is 2.32. The third-order valence-corrected chi connectivity index (χ3v) is 8.36. The molecule has 0 spiro atoms. The molecule has 0 bridgehead atoms. The summed E-state index contributed by atoms with van der Waals surface area (Å²) in [5, 5.41) is 3.78. The molecule has 1 fully saturated rings. The quantitative estimate of drug-likeness (QED) is 0.566. The number of carbonyl (C=O) groups is 1. The van der Waals surface area contributed by atoms with E-state index < -0.39 is 10.0 Å². The van der Waals surface area contributed by atoms with Crippen LogP contribution in [0.5, 0.6) is 5.75 Å². The second kappa shape index (κ2) is 10.9. The van der Waals surface area contributed by atoms with E-state index in [9.17, 15) is 13.2 Å². The molecule has 0 radical (unpaired) electrons. The predicted octanol–water partition coefficient (Wildman–Crippen LogP) is 4.81. The first kappa shape index (κ1) is 24.8. The van der Waals surface area contributed by atoms with Gasteiger partial charge in [-0.25, -0.2) is 12.7 Å². The molecule has 2 aromatic rings.